The van der Waals surface area contributed by atoms with Gasteiger partial charge in [0.1, 0.15) is 12.2 Å². The lowest BCUT2D eigenvalue weighted by molar-refractivity contribution is 0.0908. The monoisotopic (exact) mass is 379 g/mol. The number of H-pyrrole nitrogens is 1. The van der Waals surface area contributed by atoms with Crippen LogP contribution in [-0.4, -0.2) is 48.9 Å². The Bertz CT molecular complexity index is 1000. The molecule has 2 heterocycles. The van der Waals surface area contributed by atoms with Crippen molar-refractivity contribution >= 4 is 17.0 Å². The summed E-state index contributed by atoms with van der Waals surface area (Å²) in [6, 6.07) is 6.51. The first kappa shape index (κ1) is 17.6. The van der Waals surface area contributed by atoms with E-state index in [0.717, 1.165) is 24.2 Å². The molecule has 2 aromatic heterocycles. The molecule has 3 atom stereocenters. The Morgan fingerprint density at radius 3 is 2.89 bits per heavy atom. The highest BCUT2D eigenvalue weighted by atomic mass is 16.3. The minimum atomic E-state index is -0.481. The zero-order valence-corrected chi connectivity index (χ0v) is 15.7. The number of fused-ring (bicyclic) bond motifs is 2. The van der Waals surface area contributed by atoms with Crippen molar-refractivity contribution in [3.05, 3.63) is 35.7 Å². The number of aromatic amines is 1. The van der Waals surface area contributed by atoms with Crippen LogP contribution in [-0.2, 0) is 12.8 Å². The summed E-state index contributed by atoms with van der Waals surface area (Å²) in [5, 5.41) is 22.8. The van der Waals surface area contributed by atoms with Crippen LogP contribution in [0, 0.1) is 5.92 Å². The second kappa shape index (κ2) is 7.14. The Morgan fingerprint density at radius 1 is 1.14 bits per heavy atom. The summed E-state index contributed by atoms with van der Waals surface area (Å²) in [4.78, 5) is 17.0. The number of anilines is 1. The van der Waals surface area contributed by atoms with E-state index in [9.17, 15) is 10.2 Å². The minimum Gasteiger partial charge on any atom is -0.396 e. The number of hydrogen-bond donors (Lipinski definition) is 4. The highest BCUT2D eigenvalue weighted by Gasteiger charge is 2.33. The topological polar surface area (TPSA) is 107 Å². The number of hydrogen-bond acceptors (Lipinski definition) is 6. The fraction of sp³-hybridized carbons (Fsp3) is 0.476. The number of rotatable bonds is 4. The largest absolute Gasteiger partial charge is 0.396 e. The molecule has 1 aromatic carbocycles. The van der Waals surface area contributed by atoms with Gasteiger partial charge in [0.25, 0.3) is 0 Å². The van der Waals surface area contributed by atoms with Crippen LogP contribution in [0.3, 0.4) is 0 Å². The molecule has 28 heavy (non-hydrogen) atoms. The van der Waals surface area contributed by atoms with Gasteiger partial charge in [-0.15, -0.1) is 0 Å². The molecule has 0 unspecified atom stereocenters. The summed E-state index contributed by atoms with van der Waals surface area (Å²) in [7, 11) is 0. The number of aliphatic hydroxyl groups is 2. The van der Waals surface area contributed by atoms with Crippen molar-refractivity contribution in [2.75, 3.05) is 11.9 Å². The van der Waals surface area contributed by atoms with Crippen LogP contribution in [0.15, 0.2) is 24.5 Å². The maximum Gasteiger partial charge on any atom is 0.163 e. The lowest BCUT2D eigenvalue weighted by atomic mass is 9.88. The van der Waals surface area contributed by atoms with Crippen LogP contribution >= 0.6 is 0 Å². The summed E-state index contributed by atoms with van der Waals surface area (Å²) < 4.78 is 0. The zero-order valence-electron chi connectivity index (χ0n) is 15.7. The van der Waals surface area contributed by atoms with Crippen LogP contribution in [0.2, 0.25) is 0 Å². The first-order chi connectivity index (χ1) is 13.7. The molecule has 0 amide bonds. The fourth-order valence-corrected chi connectivity index (χ4v) is 4.67. The van der Waals surface area contributed by atoms with Crippen LogP contribution in [0.4, 0.5) is 5.82 Å². The molecule has 0 bridgehead atoms. The van der Waals surface area contributed by atoms with Gasteiger partial charge in [0.05, 0.1) is 6.10 Å². The van der Waals surface area contributed by atoms with E-state index >= 15 is 0 Å². The molecule has 7 nitrogen and oxygen atoms in total. The predicted octanol–water partition coefficient (Wildman–Crippen LogP) is 2.44. The third-order valence-electron chi connectivity index (χ3n) is 6.17. The smallest absolute Gasteiger partial charge is 0.163 e. The lowest BCUT2D eigenvalue weighted by Gasteiger charge is -2.18. The van der Waals surface area contributed by atoms with E-state index < -0.39 is 6.10 Å². The molecular formula is C21H25N5O2. The van der Waals surface area contributed by atoms with Crippen LogP contribution in [0.5, 0.6) is 0 Å². The van der Waals surface area contributed by atoms with Crippen LogP contribution < -0.4 is 5.32 Å². The average Bonchev–Trinajstić information content (AvgIpc) is 3.31. The van der Waals surface area contributed by atoms with Crippen molar-refractivity contribution in [2.24, 2.45) is 5.92 Å². The molecule has 2 aliphatic rings. The van der Waals surface area contributed by atoms with Crippen molar-refractivity contribution in [1.29, 1.82) is 0 Å². The third-order valence-corrected chi connectivity index (χ3v) is 6.17. The number of benzene rings is 1. The second-order valence-electron chi connectivity index (χ2n) is 7.98. The van der Waals surface area contributed by atoms with E-state index in [1.165, 1.54) is 30.3 Å². The molecule has 4 N–H and O–H groups in total. The highest BCUT2D eigenvalue weighted by molar-refractivity contribution is 5.86. The lowest BCUT2D eigenvalue weighted by Crippen LogP contribution is -2.17. The van der Waals surface area contributed by atoms with Crippen LogP contribution in [0.1, 0.15) is 36.8 Å². The molecule has 146 valence electrons. The van der Waals surface area contributed by atoms with E-state index in [1.54, 1.807) is 0 Å². The highest BCUT2D eigenvalue weighted by Crippen LogP contribution is 2.33. The third kappa shape index (κ3) is 3.04. The molecule has 0 aliphatic heterocycles. The molecule has 3 aromatic rings. The molecule has 0 spiro atoms. The van der Waals surface area contributed by atoms with Gasteiger partial charge >= 0.3 is 0 Å². The number of nitrogens with zero attached hydrogens (tertiary/aromatic N) is 3. The molecule has 1 saturated carbocycles. The number of aryl methyl sites for hydroxylation is 1. The molecule has 0 saturated heterocycles. The molecule has 2 aliphatic carbocycles. The SMILES string of the molecule is OC[C@@H]1C[C@@H](Nc2ncnc3[nH]c(-c4cccc5c4CCCC5)nc23)C[C@@H]1O. The van der Waals surface area contributed by atoms with Gasteiger partial charge in [-0.1, -0.05) is 18.2 Å². The van der Waals surface area contributed by atoms with Gasteiger partial charge in [-0.3, -0.25) is 0 Å². The summed E-state index contributed by atoms with van der Waals surface area (Å²) in [5.74, 6) is 1.42. The Labute approximate surface area is 163 Å². The summed E-state index contributed by atoms with van der Waals surface area (Å²) in [6.07, 6.45) is 7.04. The van der Waals surface area contributed by atoms with Crippen molar-refractivity contribution in [2.45, 2.75) is 50.7 Å². The molecule has 5 rings (SSSR count). The maximum absolute atomic E-state index is 10.1. The first-order valence-corrected chi connectivity index (χ1v) is 10.1. The van der Waals surface area contributed by atoms with Crippen molar-refractivity contribution < 1.29 is 10.2 Å². The summed E-state index contributed by atoms with van der Waals surface area (Å²) in [5.41, 5.74) is 5.38. The molecule has 1 fully saturated rings. The van der Waals surface area contributed by atoms with Gasteiger partial charge in [-0.25, -0.2) is 15.0 Å². The standard InChI is InChI=1S/C21H25N5O2/c27-10-13-8-14(9-17(13)28)24-20-18-21(23-11-22-20)26-19(25-18)16-7-3-5-12-4-1-2-6-15(12)16/h3,5,7,11,13-14,17,27-28H,1-2,4,6,8-10H2,(H2,22,23,24,25,26)/t13-,14+,17-/m0/s1. The van der Waals surface area contributed by atoms with Crippen molar-refractivity contribution in [3.63, 3.8) is 0 Å². The molecular weight excluding hydrogens is 354 g/mol. The maximum atomic E-state index is 10.1. The van der Waals surface area contributed by atoms with E-state index in [1.807, 2.05) is 0 Å². The average molecular weight is 379 g/mol. The second-order valence-corrected chi connectivity index (χ2v) is 7.98. The number of aliphatic hydroxyl groups excluding tert-OH is 2. The summed E-state index contributed by atoms with van der Waals surface area (Å²) in [6.45, 7) is 0.00417. The Balaban J connectivity index is 1.49. The Hall–Kier alpha value is -2.51. The van der Waals surface area contributed by atoms with E-state index in [0.29, 0.717) is 29.8 Å². The summed E-state index contributed by atoms with van der Waals surface area (Å²) >= 11 is 0. The van der Waals surface area contributed by atoms with E-state index in [-0.39, 0.29) is 18.6 Å². The van der Waals surface area contributed by atoms with Gasteiger partial charge in [0.15, 0.2) is 17.0 Å². The Morgan fingerprint density at radius 2 is 2.04 bits per heavy atom. The fourth-order valence-electron chi connectivity index (χ4n) is 4.67. The first-order valence-electron chi connectivity index (χ1n) is 10.1. The van der Waals surface area contributed by atoms with Crippen LogP contribution in [0.25, 0.3) is 22.6 Å². The normalized spacial score (nSPS) is 24.4. The molecule has 0 radical (unpaired) electrons. The number of nitrogens with one attached hydrogen (secondary N) is 2. The van der Waals surface area contributed by atoms with E-state index in [2.05, 4.69) is 38.5 Å². The van der Waals surface area contributed by atoms with Gasteiger partial charge < -0.3 is 20.5 Å². The zero-order chi connectivity index (χ0) is 19.1. The quantitative estimate of drug-likeness (QED) is 0.555. The minimum absolute atomic E-state index is 0.00417. The van der Waals surface area contributed by atoms with Crippen molar-refractivity contribution in [3.8, 4) is 11.4 Å². The number of imidazole rings is 1. The van der Waals surface area contributed by atoms with Gasteiger partial charge in [0, 0.05) is 24.1 Å². The number of aromatic nitrogens is 4. The molecule has 7 heteroatoms. The Kier molecular flexibility index (Phi) is 4.49. The van der Waals surface area contributed by atoms with Gasteiger partial charge in [-0.05, 0) is 49.7 Å². The van der Waals surface area contributed by atoms with Crippen molar-refractivity contribution in [1.82, 2.24) is 19.9 Å². The predicted molar refractivity (Wildman–Crippen MR) is 107 cm³/mol. The van der Waals surface area contributed by atoms with E-state index in [4.69, 9.17) is 4.98 Å². The van der Waals surface area contributed by atoms with Gasteiger partial charge in [-0.2, -0.15) is 0 Å². The van der Waals surface area contributed by atoms with Gasteiger partial charge in [0.2, 0.25) is 0 Å².